The summed E-state index contributed by atoms with van der Waals surface area (Å²) in [5.41, 5.74) is -0.649. The molecule has 1 amide bonds. The van der Waals surface area contributed by atoms with Crippen LogP contribution in [0.1, 0.15) is 31.6 Å². The summed E-state index contributed by atoms with van der Waals surface area (Å²) < 4.78 is 1.03. The van der Waals surface area contributed by atoms with Gasteiger partial charge in [-0.15, -0.1) is 11.3 Å². The minimum absolute atomic E-state index is 0.0439. The third-order valence-corrected chi connectivity index (χ3v) is 5.02. The molecule has 1 aliphatic rings. The molecule has 0 saturated carbocycles. The summed E-state index contributed by atoms with van der Waals surface area (Å²) in [6.07, 6.45) is 1.75. The van der Waals surface area contributed by atoms with E-state index in [1.165, 1.54) is 0 Å². The zero-order valence-electron chi connectivity index (χ0n) is 10.5. The molecule has 0 unspecified atom stereocenters. The molecule has 0 N–H and O–H groups in total. The smallest absolute Gasteiger partial charge is 0.228 e. The van der Waals surface area contributed by atoms with E-state index in [0.717, 1.165) is 15.1 Å². The van der Waals surface area contributed by atoms with Gasteiger partial charge in [-0.3, -0.25) is 9.59 Å². The monoisotopic (exact) mass is 329 g/mol. The van der Waals surface area contributed by atoms with Crippen LogP contribution in [0.5, 0.6) is 0 Å². The number of rotatable bonds is 2. The average Bonchev–Trinajstić information content (AvgIpc) is 2.67. The largest absolute Gasteiger partial charge is 0.330 e. The van der Waals surface area contributed by atoms with E-state index in [0.29, 0.717) is 19.4 Å². The van der Waals surface area contributed by atoms with Crippen molar-refractivity contribution in [3.63, 3.8) is 0 Å². The quantitative estimate of drug-likeness (QED) is 0.836. The van der Waals surface area contributed by atoms with Gasteiger partial charge in [0, 0.05) is 17.8 Å². The van der Waals surface area contributed by atoms with Gasteiger partial charge in [0.1, 0.15) is 0 Å². The van der Waals surface area contributed by atoms with Crippen molar-refractivity contribution in [1.82, 2.24) is 4.90 Å². The Morgan fingerprint density at radius 3 is 2.83 bits per heavy atom. The van der Waals surface area contributed by atoms with Gasteiger partial charge in [-0.25, -0.2) is 0 Å². The number of hydrogen-bond donors (Lipinski definition) is 0. The standard InChI is InChI=1S/C13H16BrNO2S/c1-13(2)10(16)4-3-7-15(13)12(17)8-9-5-6-11(14)18-9/h5-6H,3-4,7-8H2,1-2H3. The summed E-state index contributed by atoms with van der Waals surface area (Å²) in [4.78, 5) is 26.9. The Bertz CT molecular complexity index is 481. The molecular weight excluding hydrogens is 314 g/mol. The first kappa shape index (κ1) is 13.7. The van der Waals surface area contributed by atoms with Gasteiger partial charge in [0.05, 0.1) is 15.7 Å². The van der Waals surface area contributed by atoms with Gasteiger partial charge in [-0.2, -0.15) is 0 Å². The Hall–Kier alpha value is -0.680. The van der Waals surface area contributed by atoms with Gasteiger partial charge >= 0.3 is 0 Å². The fourth-order valence-electron chi connectivity index (χ4n) is 2.26. The number of nitrogens with zero attached hydrogens (tertiary/aromatic N) is 1. The summed E-state index contributed by atoms with van der Waals surface area (Å²) in [5.74, 6) is 0.205. The molecule has 98 valence electrons. The highest BCUT2D eigenvalue weighted by Gasteiger charge is 2.39. The Labute approximate surface area is 119 Å². The lowest BCUT2D eigenvalue weighted by atomic mass is 9.88. The Morgan fingerprint density at radius 1 is 1.50 bits per heavy atom. The average molecular weight is 330 g/mol. The highest BCUT2D eigenvalue weighted by Crippen LogP contribution is 2.27. The molecule has 0 radical (unpaired) electrons. The number of likely N-dealkylation sites (tertiary alicyclic amines) is 1. The fourth-order valence-corrected chi connectivity index (χ4v) is 3.74. The van der Waals surface area contributed by atoms with E-state index in [2.05, 4.69) is 15.9 Å². The maximum absolute atomic E-state index is 12.3. The minimum atomic E-state index is -0.649. The molecule has 0 aliphatic carbocycles. The van der Waals surface area contributed by atoms with Crippen molar-refractivity contribution in [2.45, 2.75) is 38.6 Å². The van der Waals surface area contributed by atoms with Gasteiger partial charge in [-0.05, 0) is 48.3 Å². The van der Waals surface area contributed by atoms with Crippen LogP contribution in [0, 0.1) is 0 Å². The number of Topliss-reactive ketones (excluding diaryl/α,β-unsaturated/α-hetero) is 1. The van der Waals surface area contributed by atoms with Crippen LogP contribution in [0.3, 0.4) is 0 Å². The topological polar surface area (TPSA) is 37.4 Å². The first-order valence-electron chi connectivity index (χ1n) is 5.99. The maximum atomic E-state index is 12.3. The Balaban J connectivity index is 2.10. The lowest BCUT2D eigenvalue weighted by Gasteiger charge is -2.41. The molecule has 1 aromatic rings. The van der Waals surface area contributed by atoms with E-state index < -0.39 is 5.54 Å². The van der Waals surface area contributed by atoms with Crippen LogP contribution < -0.4 is 0 Å². The number of hydrogen-bond acceptors (Lipinski definition) is 3. The van der Waals surface area contributed by atoms with E-state index in [1.54, 1.807) is 16.2 Å². The summed E-state index contributed by atoms with van der Waals surface area (Å²) >= 11 is 4.95. The molecule has 0 aromatic carbocycles. The SMILES string of the molecule is CC1(C)C(=O)CCCN1C(=O)Cc1ccc(Br)s1. The number of halogens is 1. The van der Waals surface area contributed by atoms with Crippen molar-refractivity contribution in [3.8, 4) is 0 Å². The number of piperidine rings is 1. The second-order valence-electron chi connectivity index (χ2n) is 5.01. The van der Waals surface area contributed by atoms with Gasteiger partial charge < -0.3 is 4.90 Å². The van der Waals surface area contributed by atoms with Crippen molar-refractivity contribution in [1.29, 1.82) is 0 Å². The van der Waals surface area contributed by atoms with Gasteiger partial charge in [0.25, 0.3) is 0 Å². The molecule has 5 heteroatoms. The summed E-state index contributed by atoms with van der Waals surface area (Å²) in [7, 11) is 0. The van der Waals surface area contributed by atoms with Crippen LogP contribution in [0.4, 0.5) is 0 Å². The van der Waals surface area contributed by atoms with E-state index >= 15 is 0 Å². The first-order chi connectivity index (χ1) is 8.41. The molecule has 0 atom stereocenters. The molecule has 3 nitrogen and oxygen atoms in total. The Kier molecular flexibility index (Phi) is 3.92. The lowest BCUT2D eigenvalue weighted by Crippen LogP contribution is -2.56. The molecule has 0 bridgehead atoms. The summed E-state index contributed by atoms with van der Waals surface area (Å²) in [6, 6.07) is 3.89. The van der Waals surface area contributed by atoms with Crippen LogP contribution >= 0.6 is 27.3 Å². The Morgan fingerprint density at radius 2 is 2.22 bits per heavy atom. The zero-order chi connectivity index (χ0) is 13.3. The molecule has 2 heterocycles. The molecule has 0 spiro atoms. The van der Waals surface area contributed by atoms with Gasteiger partial charge in [0.15, 0.2) is 5.78 Å². The van der Waals surface area contributed by atoms with Crippen molar-refractivity contribution in [3.05, 3.63) is 20.8 Å². The van der Waals surface area contributed by atoms with E-state index in [9.17, 15) is 9.59 Å². The highest BCUT2D eigenvalue weighted by atomic mass is 79.9. The molecule has 2 rings (SSSR count). The van der Waals surface area contributed by atoms with Gasteiger partial charge in [0.2, 0.25) is 5.91 Å². The van der Waals surface area contributed by atoms with Crippen LogP contribution in [0.25, 0.3) is 0 Å². The predicted octanol–water partition coefficient (Wildman–Crippen LogP) is 3.02. The molecule has 1 fully saturated rings. The number of thiophene rings is 1. The number of amides is 1. The van der Waals surface area contributed by atoms with Crippen molar-refractivity contribution >= 4 is 39.0 Å². The normalized spacial score (nSPS) is 19.1. The molecule has 18 heavy (non-hydrogen) atoms. The second kappa shape index (κ2) is 5.13. The predicted molar refractivity (Wildman–Crippen MR) is 75.8 cm³/mol. The molecule has 1 aromatic heterocycles. The van der Waals surface area contributed by atoms with Crippen LogP contribution in [-0.2, 0) is 16.0 Å². The maximum Gasteiger partial charge on any atom is 0.228 e. The summed E-state index contributed by atoms with van der Waals surface area (Å²) in [6.45, 7) is 4.37. The first-order valence-corrected chi connectivity index (χ1v) is 7.60. The van der Waals surface area contributed by atoms with Crippen LogP contribution in [0.15, 0.2) is 15.9 Å². The number of ketones is 1. The van der Waals surface area contributed by atoms with E-state index in [-0.39, 0.29) is 11.7 Å². The van der Waals surface area contributed by atoms with E-state index in [1.807, 2.05) is 26.0 Å². The fraction of sp³-hybridized carbons (Fsp3) is 0.538. The van der Waals surface area contributed by atoms with Crippen molar-refractivity contribution in [2.75, 3.05) is 6.54 Å². The second-order valence-corrected chi connectivity index (χ2v) is 7.56. The number of carbonyl (C=O) groups is 2. The molecule has 1 saturated heterocycles. The van der Waals surface area contributed by atoms with Crippen LogP contribution in [0.2, 0.25) is 0 Å². The highest BCUT2D eigenvalue weighted by molar-refractivity contribution is 9.11. The molecule has 1 aliphatic heterocycles. The van der Waals surface area contributed by atoms with Crippen molar-refractivity contribution in [2.24, 2.45) is 0 Å². The third-order valence-electron chi connectivity index (χ3n) is 3.40. The third kappa shape index (κ3) is 2.67. The van der Waals surface area contributed by atoms with Gasteiger partial charge in [-0.1, -0.05) is 0 Å². The van der Waals surface area contributed by atoms with Crippen molar-refractivity contribution < 1.29 is 9.59 Å². The molecular formula is C13H16BrNO2S. The lowest BCUT2D eigenvalue weighted by molar-refractivity contribution is -0.147. The number of carbonyl (C=O) groups excluding carboxylic acids is 2. The zero-order valence-corrected chi connectivity index (χ0v) is 12.9. The minimum Gasteiger partial charge on any atom is -0.330 e. The summed E-state index contributed by atoms with van der Waals surface area (Å²) in [5, 5.41) is 0. The van der Waals surface area contributed by atoms with Crippen LogP contribution in [-0.4, -0.2) is 28.7 Å². The van der Waals surface area contributed by atoms with E-state index in [4.69, 9.17) is 0 Å².